The SMILES string of the molecule is C[C@@H]1CN(c2ccc(-c3cscn3)nc2C=O)C[C@H](C)O1. The molecule has 0 aromatic carbocycles. The lowest BCUT2D eigenvalue weighted by Gasteiger charge is -2.37. The molecular weight excluding hydrogens is 286 g/mol. The number of aldehydes is 1. The molecule has 1 aliphatic rings. The van der Waals surface area contributed by atoms with Gasteiger partial charge in [-0.05, 0) is 26.0 Å². The van der Waals surface area contributed by atoms with Crippen LogP contribution in [0.2, 0.25) is 0 Å². The highest BCUT2D eigenvalue weighted by atomic mass is 32.1. The molecule has 0 amide bonds. The van der Waals surface area contributed by atoms with Gasteiger partial charge in [0, 0.05) is 18.5 Å². The van der Waals surface area contributed by atoms with Crippen molar-refractivity contribution < 1.29 is 9.53 Å². The fourth-order valence-corrected chi connectivity index (χ4v) is 3.22. The molecule has 2 atom stereocenters. The van der Waals surface area contributed by atoms with Gasteiger partial charge in [-0.1, -0.05) is 0 Å². The Labute approximate surface area is 127 Å². The molecule has 1 aliphatic heterocycles. The molecule has 2 aromatic heterocycles. The van der Waals surface area contributed by atoms with Crippen LogP contribution in [0.5, 0.6) is 0 Å². The molecule has 2 aromatic rings. The van der Waals surface area contributed by atoms with Gasteiger partial charge < -0.3 is 9.64 Å². The normalized spacial score (nSPS) is 22.3. The Morgan fingerprint density at radius 1 is 1.29 bits per heavy atom. The van der Waals surface area contributed by atoms with Crippen LogP contribution in [0.1, 0.15) is 24.3 Å². The first kappa shape index (κ1) is 14.2. The van der Waals surface area contributed by atoms with Crippen molar-refractivity contribution >= 4 is 23.3 Å². The minimum Gasteiger partial charge on any atom is -0.372 e. The predicted octanol–water partition coefficient (Wildman–Crippen LogP) is 2.63. The van der Waals surface area contributed by atoms with Crippen LogP contribution in [0.25, 0.3) is 11.4 Å². The molecule has 1 fully saturated rings. The van der Waals surface area contributed by atoms with Crippen molar-refractivity contribution in [2.45, 2.75) is 26.1 Å². The Hall–Kier alpha value is -1.79. The molecule has 0 radical (unpaired) electrons. The van der Waals surface area contributed by atoms with E-state index in [2.05, 4.69) is 14.9 Å². The van der Waals surface area contributed by atoms with Crippen LogP contribution in [0, 0.1) is 0 Å². The first-order chi connectivity index (χ1) is 10.2. The molecule has 0 unspecified atom stereocenters. The molecule has 0 aliphatic carbocycles. The highest BCUT2D eigenvalue weighted by Gasteiger charge is 2.24. The van der Waals surface area contributed by atoms with Crippen LogP contribution in [0.3, 0.4) is 0 Å². The molecule has 3 rings (SSSR count). The Kier molecular flexibility index (Phi) is 3.98. The Bertz CT molecular complexity index is 620. The third kappa shape index (κ3) is 2.96. The van der Waals surface area contributed by atoms with E-state index in [0.29, 0.717) is 5.69 Å². The van der Waals surface area contributed by atoms with Crippen LogP contribution in [0.4, 0.5) is 5.69 Å². The number of ether oxygens (including phenoxy) is 1. The van der Waals surface area contributed by atoms with Crippen LogP contribution in [-0.4, -0.2) is 41.6 Å². The fourth-order valence-electron chi connectivity index (χ4n) is 2.68. The summed E-state index contributed by atoms with van der Waals surface area (Å²) in [6, 6.07) is 3.87. The smallest absolute Gasteiger partial charge is 0.170 e. The molecule has 0 N–H and O–H groups in total. The van der Waals surface area contributed by atoms with Gasteiger partial charge in [-0.2, -0.15) is 0 Å². The van der Waals surface area contributed by atoms with Crippen molar-refractivity contribution in [1.29, 1.82) is 0 Å². The number of nitrogens with zero attached hydrogens (tertiary/aromatic N) is 3. The molecule has 0 bridgehead atoms. The molecule has 0 saturated carbocycles. The summed E-state index contributed by atoms with van der Waals surface area (Å²) in [7, 11) is 0. The highest BCUT2D eigenvalue weighted by molar-refractivity contribution is 7.07. The fraction of sp³-hybridized carbons (Fsp3) is 0.400. The lowest BCUT2D eigenvalue weighted by Crippen LogP contribution is -2.45. The Morgan fingerprint density at radius 3 is 2.67 bits per heavy atom. The van der Waals surface area contributed by atoms with Crippen LogP contribution >= 0.6 is 11.3 Å². The van der Waals surface area contributed by atoms with E-state index < -0.39 is 0 Å². The summed E-state index contributed by atoms with van der Waals surface area (Å²) in [5.41, 5.74) is 4.62. The largest absolute Gasteiger partial charge is 0.372 e. The van der Waals surface area contributed by atoms with Crippen molar-refractivity contribution in [3.63, 3.8) is 0 Å². The number of rotatable bonds is 3. The molecule has 0 spiro atoms. The lowest BCUT2D eigenvalue weighted by atomic mass is 10.1. The Balaban J connectivity index is 1.94. The van der Waals surface area contributed by atoms with Crippen molar-refractivity contribution in [3.05, 3.63) is 28.7 Å². The first-order valence-corrected chi connectivity index (χ1v) is 7.87. The summed E-state index contributed by atoms with van der Waals surface area (Å²) < 4.78 is 5.73. The maximum absolute atomic E-state index is 11.4. The number of thiazole rings is 1. The summed E-state index contributed by atoms with van der Waals surface area (Å²) in [5, 5.41) is 1.93. The zero-order chi connectivity index (χ0) is 14.8. The van der Waals surface area contributed by atoms with Gasteiger partial charge in [-0.25, -0.2) is 9.97 Å². The van der Waals surface area contributed by atoms with Gasteiger partial charge in [-0.15, -0.1) is 11.3 Å². The molecule has 5 nitrogen and oxygen atoms in total. The summed E-state index contributed by atoms with van der Waals surface area (Å²) in [6.07, 6.45) is 1.11. The summed E-state index contributed by atoms with van der Waals surface area (Å²) in [6.45, 7) is 5.62. The average Bonchev–Trinajstić information content (AvgIpc) is 2.99. The second-order valence-electron chi connectivity index (χ2n) is 5.25. The van der Waals surface area contributed by atoms with E-state index in [4.69, 9.17) is 4.74 Å². The van der Waals surface area contributed by atoms with Crippen molar-refractivity contribution in [2.75, 3.05) is 18.0 Å². The van der Waals surface area contributed by atoms with Crippen molar-refractivity contribution in [2.24, 2.45) is 0 Å². The number of pyridine rings is 1. The number of carbonyl (C=O) groups excluding carboxylic acids is 1. The van der Waals surface area contributed by atoms with Gasteiger partial charge >= 0.3 is 0 Å². The predicted molar refractivity (Wildman–Crippen MR) is 83.0 cm³/mol. The molecule has 21 heavy (non-hydrogen) atoms. The summed E-state index contributed by atoms with van der Waals surface area (Å²) >= 11 is 1.51. The number of anilines is 1. The summed E-state index contributed by atoms with van der Waals surface area (Å²) in [5.74, 6) is 0. The van der Waals surface area contributed by atoms with E-state index in [-0.39, 0.29) is 12.2 Å². The van der Waals surface area contributed by atoms with Crippen LogP contribution < -0.4 is 4.90 Å². The zero-order valence-corrected chi connectivity index (χ0v) is 12.8. The van der Waals surface area contributed by atoms with Crippen molar-refractivity contribution in [1.82, 2.24) is 9.97 Å². The van der Waals surface area contributed by atoms with Crippen molar-refractivity contribution in [3.8, 4) is 11.4 Å². The number of hydrogen-bond acceptors (Lipinski definition) is 6. The minimum atomic E-state index is 0.145. The molecule has 110 valence electrons. The van der Waals surface area contributed by atoms with Gasteiger partial charge in [0.15, 0.2) is 6.29 Å². The van der Waals surface area contributed by atoms with Gasteiger partial charge in [-0.3, -0.25) is 4.79 Å². The molecule has 3 heterocycles. The number of morpholine rings is 1. The Morgan fingerprint density at radius 2 is 2.05 bits per heavy atom. The lowest BCUT2D eigenvalue weighted by molar-refractivity contribution is -0.00527. The molecular formula is C15H17N3O2S. The van der Waals surface area contributed by atoms with Gasteiger partial charge in [0.25, 0.3) is 0 Å². The van der Waals surface area contributed by atoms with E-state index in [9.17, 15) is 4.79 Å². The van der Waals surface area contributed by atoms with E-state index in [1.807, 2.05) is 31.4 Å². The van der Waals surface area contributed by atoms with E-state index >= 15 is 0 Å². The highest BCUT2D eigenvalue weighted by Crippen LogP contribution is 2.26. The van der Waals surface area contributed by atoms with E-state index in [1.54, 1.807) is 5.51 Å². The molecule has 1 saturated heterocycles. The number of hydrogen-bond donors (Lipinski definition) is 0. The second-order valence-corrected chi connectivity index (χ2v) is 5.97. The maximum Gasteiger partial charge on any atom is 0.170 e. The first-order valence-electron chi connectivity index (χ1n) is 6.92. The topological polar surface area (TPSA) is 55.3 Å². The number of carbonyl (C=O) groups is 1. The number of aromatic nitrogens is 2. The van der Waals surface area contributed by atoms with Gasteiger partial charge in [0.2, 0.25) is 0 Å². The zero-order valence-electron chi connectivity index (χ0n) is 12.0. The van der Waals surface area contributed by atoms with Crippen LogP contribution in [-0.2, 0) is 4.74 Å². The monoisotopic (exact) mass is 303 g/mol. The minimum absolute atomic E-state index is 0.145. The quantitative estimate of drug-likeness (QED) is 0.816. The van der Waals surface area contributed by atoms with E-state index in [1.165, 1.54) is 11.3 Å². The van der Waals surface area contributed by atoms with E-state index in [0.717, 1.165) is 36.5 Å². The third-order valence-corrected chi connectivity index (χ3v) is 4.06. The second kappa shape index (κ2) is 5.91. The standard InChI is InChI=1S/C15H17N3O2S/c1-10-5-18(6-11(2)20-10)15-4-3-12(17-13(15)7-19)14-8-21-9-16-14/h3-4,7-11H,5-6H2,1-2H3/t10-,11+. The maximum atomic E-state index is 11.4. The molecule has 6 heteroatoms. The van der Waals surface area contributed by atoms with Gasteiger partial charge in [0.05, 0.1) is 34.8 Å². The van der Waals surface area contributed by atoms with Crippen LogP contribution in [0.15, 0.2) is 23.0 Å². The average molecular weight is 303 g/mol. The summed E-state index contributed by atoms with van der Waals surface area (Å²) in [4.78, 5) is 22.3. The third-order valence-electron chi connectivity index (χ3n) is 3.47. The van der Waals surface area contributed by atoms with Gasteiger partial charge in [0.1, 0.15) is 5.69 Å².